The fraction of sp³-hybridized carbons (Fsp3) is 0.471. The topological polar surface area (TPSA) is 24.9 Å². The fourth-order valence-corrected chi connectivity index (χ4v) is 3.28. The van der Waals surface area contributed by atoms with Crippen LogP contribution in [-0.2, 0) is 13.0 Å². The second-order valence-electron chi connectivity index (χ2n) is 5.64. The van der Waals surface area contributed by atoms with Crippen molar-refractivity contribution in [2.45, 2.75) is 40.2 Å². The van der Waals surface area contributed by atoms with Crippen LogP contribution in [0.4, 0.5) is 4.39 Å². The van der Waals surface area contributed by atoms with Crippen LogP contribution in [0.5, 0.6) is 0 Å². The molecular formula is C17H23FN2S. The number of hydrogen-bond donors (Lipinski definition) is 1. The van der Waals surface area contributed by atoms with Crippen molar-refractivity contribution in [3.63, 3.8) is 0 Å². The Bertz CT molecular complexity index is 578. The summed E-state index contributed by atoms with van der Waals surface area (Å²) < 4.78 is 13.9. The van der Waals surface area contributed by atoms with Gasteiger partial charge in [0.1, 0.15) is 10.8 Å². The van der Waals surface area contributed by atoms with Crippen LogP contribution in [-0.4, -0.2) is 11.5 Å². The van der Waals surface area contributed by atoms with Crippen LogP contribution in [0, 0.1) is 11.7 Å². The van der Waals surface area contributed by atoms with Gasteiger partial charge in [-0.25, -0.2) is 9.37 Å². The summed E-state index contributed by atoms with van der Waals surface area (Å²) in [7, 11) is 0. The second kappa shape index (κ2) is 7.66. The SMILES string of the molecule is CCCNCc1sc(-c2ccccc2F)nc1CC(C)C. The van der Waals surface area contributed by atoms with Crippen molar-refractivity contribution in [2.75, 3.05) is 6.54 Å². The molecule has 2 nitrogen and oxygen atoms in total. The first kappa shape index (κ1) is 16.1. The molecule has 0 aliphatic rings. The lowest BCUT2D eigenvalue weighted by Crippen LogP contribution is -2.14. The number of halogens is 1. The van der Waals surface area contributed by atoms with Crippen LogP contribution in [0.15, 0.2) is 24.3 Å². The highest BCUT2D eigenvalue weighted by Crippen LogP contribution is 2.31. The molecule has 114 valence electrons. The first-order valence-corrected chi connectivity index (χ1v) is 8.37. The van der Waals surface area contributed by atoms with Crippen molar-refractivity contribution in [3.05, 3.63) is 40.7 Å². The molecule has 21 heavy (non-hydrogen) atoms. The van der Waals surface area contributed by atoms with Crippen LogP contribution >= 0.6 is 11.3 Å². The van der Waals surface area contributed by atoms with Crippen LogP contribution in [0.25, 0.3) is 10.6 Å². The summed E-state index contributed by atoms with van der Waals surface area (Å²) in [6, 6.07) is 6.87. The number of rotatable bonds is 7. The van der Waals surface area contributed by atoms with Gasteiger partial charge in [-0.15, -0.1) is 11.3 Å². The van der Waals surface area contributed by atoms with Gasteiger partial charge in [-0.1, -0.05) is 32.9 Å². The van der Waals surface area contributed by atoms with E-state index in [1.807, 2.05) is 6.07 Å². The average molecular weight is 306 g/mol. The zero-order valence-electron chi connectivity index (χ0n) is 12.9. The summed E-state index contributed by atoms with van der Waals surface area (Å²) in [6.45, 7) is 8.34. The van der Waals surface area contributed by atoms with E-state index >= 15 is 0 Å². The molecule has 0 spiro atoms. The summed E-state index contributed by atoms with van der Waals surface area (Å²) in [4.78, 5) is 5.93. The Hall–Kier alpha value is -1.26. The Balaban J connectivity index is 2.28. The molecule has 1 aromatic carbocycles. The molecule has 0 saturated heterocycles. The van der Waals surface area contributed by atoms with Gasteiger partial charge in [0.05, 0.1) is 5.69 Å². The summed E-state index contributed by atoms with van der Waals surface area (Å²) in [5.41, 5.74) is 1.71. The van der Waals surface area contributed by atoms with Gasteiger partial charge >= 0.3 is 0 Å². The quantitative estimate of drug-likeness (QED) is 0.753. The van der Waals surface area contributed by atoms with E-state index in [0.717, 1.165) is 36.6 Å². The van der Waals surface area contributed by atoms with E-state index in [2.05, 4.69) is 26.1 Å². The molecule has 0 aliphatic heterocycles. The Morgan fingerprint density at radius 3 is 2.71 bits per heavy atom. The van der Waals surface area contributed by atoms with Crippen LogP contribution < -0.4 is 5.32 Å². The lowest BCUT2D eigenvalue weighted by molar-refractivity contribution is 0.622. The molecule has 0 atom stereocenters. The van der Waals surface area contributed by atoms with Gasteiger partial charge in [0.25, 0.3) is 0 Å². The molecule has 0 fully saturated rings. The third-order valence-corrected chi connectivity index (χ3v) is 4.33. The van der Waals surface area contributed by atoms with Crippen molar-refractivity contribution in [1.29, 1.82) is 0 Å². The molecule has 0 aliphatic carbocycles. The number of hydrogen-bond acceptors (Lipinski definition) is 3. The third kappa shape index (κ3) is 4.35. The normalized spacial score (nSPS) is 11.3. The predicted molar refractivity (Wildman–Crippen MR) is 88.0 cm³/mol. The third-order valence-electron chi connectivity index (χ3n) is 3.20. The fourth-order valence-electron chi connectivity index (χ4n) is 2.20. The van der Waals surface area contributed by atoms with Gasteiger partial charge in [0.15, 0.2) is 0 Å². The largest absolute Gasteiger partial charge is 0.312 e. The van der Waals surface area contributed by atoms with E-state index < -0.39 is 0 Å². The van der Waals surface area contributed by atoms with E-state index in [9.17, 15) is 4.39 Å². The number of thiazole rings is 1. The van der Waals surface area contributed by atoms with E-state index in [1.54, 1.807) is 23.5 Å². The van der Waals surface area contributed by atoms with Gasteiger partial charge in [-0.3, -0.25) is 0 Å². The molecule has 0 radical (unpaired) electrons. The number of nitrogens with one attached hydrogen (secondary N) is 1. The van der Waals surface area contributed by atoms with E-state index in [-0.39, 0.29) is 5.82 Å². The molecule has 0 amide bonds. The summed E-state index contributed by atoms with van der Waals surface area (Å²) >= 11 is 1.61. The minimum atomic E-state index is -0.199. The molecule has 1 N–H and O–H groups in total. The molecule has 0 saturated carbocycles. The Labute approximate surface area is 130 Å². The minimum absolute atomic E-state index is 0.199. The van der Waals surface area contributed by atoms with E-state index in [0.29, 0.717) is 11.5 Å². The van der Waals surface area contributed by atoms with Gasteiger partial charge in [0.2, 0.25) is 0 Å². The Kier molecular flexibility index (Phi) is 5.88. The zero-order chi connectivity index (χ0) is 15.2. The maximum absolute atomic E-state index is 13.9. The number of aromatic nitrogens is 1. The molecule has 2 aromatic rings. The zero-order valence-corrected chi connectivity index (χ0v) is 13.8. The summed E-state index contributed by atoms with van der Waals surface area (Å²) in [6.07, 6.45) is 2.05. The lowest BCUT2D eigenvalue weighted by Gasteiger charge is -2.05. The first-order valence-electron chi connectivity index (χ1n) is 7.56. The van der Waals surface area contributed by atoms with Crippen molar-refractivity contribution in [1.82, 2.24) is 10.3 Å². The van der Waals surface area contributed by atoms with E-state index in [4.69, 9.17) is 4.98 Å². The van der Waals surface area contributed by atoms with E-state index in [1.165, 1.54) is 10.9 Å². The van der Waals surface area contributed by atoms with Crippen molar-refractivity contribution in [2.24, 2.45) is 5.92 Å². The van der Waals surface area contributed by atoms with Crippen LogP contribution in [0.1, 0.15) is 37.8 Å². The molecule has 2 rings (SSSR count). The molecule has 1 aromatic heterocycles. The van der Waals surface area contributed by atoms with Crippen molar-refractivity contribution < 1.29 is 4.39 Å². The highest BCUT2D eigenvalue weighted by Gasteiger charge is 2.15. The van der Waals surface area contributed by atoms with Gasteiger partial charge < -0.3 is 5.32 Å². The van der Waals surface area contributed by atoms with Gasteiger partial charge in [-0.2, -0.15) is 0 Å². The number of nitrogens with zero attached hydrogens (tertiary/aromatic N) is 1. The molecule has 4 heteroatoms. The predicted octanol–water partition coefficient (Wildman–Crippen LogP) is 4.65. The van der Waals surface area contributed by atoms with Crippen molar-refractivity contribution >= 4 is 11.3 Å². The Morgan fingerprint density at radius 1 is 1.29 bits per heavy atom. The maximum Gasteiger partial charge on any atom is 0.133 e. The molecular weight excluding hydrogens is 283 g/mol. The van der Waals surface area contributed by atoms with Crippen LogP contribution in [0.3, 0.4) is 0 Å². The lowest BCUT2D eigenvalue weighted by atomic mass is 10.1. The highest BCUT2D eigenvalue weighted by atomic mass is 32.1. The second-order valence-corrected chi connectivity index (χ2v) is 6.73. The highest BCUT2D eigenvalue weighted by molar-refractivity contribution is 7.15. The Morgan fingerprint density at radius 2 is 2.05 bits per heavy atom. The monoisotopic (exact) mass is 306 g/mol. The smallest absolute Gasteiger partial charge is 0.133 e. The van der Waals surface area contributed by atoms with Gasteiger partial charge in [0, 0.05) is 17.0 Å². The molecule has 0 unspecified atom stereocenters. The van der Waals surface area contributed by atoms with Gasteiger partial charge in [-0.05, 0) is 37.4 Å². The maximum atomic E-state index is 13.9. The summed E-state index contributed by atoms with van der Waals surface area (Å²) in [5, 5.41) is 4.21. The van der Waals surface area contributed by atoms with Crippen LogP contribution in [0.2, 0.25) is 0 Å². The first-order chi connectivity index (χ1) is 10.1. The minimum Gasteiger partial charge on any atom is -0.312 e. The van der Waals surface area contributed by atoms with Crippen molar-refractivity contribution in [3.8, 4) is 10.6 Å². The summed E-state index contributed by atoms with van der Waals surface area (Å²) in [5.74, 6) is 0.348. The number of benzene rings is 1. The average Bonchev–Trinajstić information content (AvgIpc) is 2.82. The standard InChI is InChI=1S/C17H23FN2S/c1-4-9-19-11-16-15(10-12(2)3)20-17(21-16)13-7-5-6-8-14(13)18/h5-8,12,19H,4,9-11H2,1-3H3. The molecule has 0 bridgehead atoms. The molecule has 1 heterocycles.